The molecule has 30 heavy (non-hydrogen) atoms. The summed E-state index contributed by atoms with van der Waals surface area (Å²) in [6.07, 6.45) is 0.591. The standard InChI is InChI=1S/C19H25N5O5S/c1-19(2)14(17(27)28)22-16(30-19)12(10-25)21-15(26)13(11-6-4-3-5-7-11)23-24-9-8-20-18(24)29/h3-7,10,12-14,16,22-23H,8-9H2,1-2H3,(H,20,29)(H,21,26)(H,27,28)/t12-,13-,14+,16-/m1/s1. The smallest absolute Gasteiger partial charge is 0.331 e. The number of benzene rings is 1. The van der Waals surface area contributed by atoms with E-state index in [4.69, 9.17) is 0 Å². The van der Waals surface area contributed by atoms with Crippen LogP contribution in [0.1, 0.15) is 25.5 Å². The largest absolute Gasteiger partial charge is 0.480 e. The number of hydrogen-bond donors (Lipinski definition) is 5. The third kappa shape index (κ3) is 4.74. The number of amides is 3. The van der Waals surface area contributed by atoms with Gasteiger partial charge in [-0.05, 0) is 19.4 Å². The molecule has 2 aliphatic rings. The highest BCUT2D eigenvalue weighted by molar-refractivity contribution is 8.01. The van der Waals surface area contributed by atoms with Gasteiger partial charge in [-0.3, -0.25) is 19.9 Å². The average Bonchev–Trinajstić information content (AvgIpc) is 3.26. The maximum Gasteiger partial charge on any atom is 0.331 e. The van der Waals surface area contributed by atoms with Crippen LogP contribution in [0.2, 0.25) is 0 Å². The third-order valence-electron chi connectivity index (χ3n) is 5.02. The number of carbonyl (C=O) groups excluding carboxylic acids is 3. The van der Waals surface area contributed by atoms with Crippen LogP contribution >= 0.6 is 11.8 Å². The zero-order valence-corrected chi connectivity index (χ0v) is 17.4. The van der Waals surface area contributed by atoms with Gasteiger partial charge in [-0.1, -0.05) is 30.3 Å². The molecule has 0 radical (unpaired) electrons. The van der Waals surface area contributed by atoms with Gasteiger partial charge in [-0.2, -0.15) is 0 Å². The Morgan fingerprint density at radius 3 is 2.57 bits per heavy atom. The van der Waals surface area contributed by atoms with E-state index in [9.17, 15) is 24.3 Å². The molecule has 2 aliphatic heterocycles. The zero-order chi connectivity index (χ0) is 21.9. The summed E-state index contributed by atoms with van der Waals surface area (Å²) in [6.45, 7) is 4.39. The van der Waals surface area contributed by atoms with Crippen LogP contribution in [0.25, 0.3) is 0 Å². The Balaban J connectivity index is 1.76. The molecule has 1 aromatic carbocycles. The van der Waals surface area contributed by atoms with Gasteiger partial charge in [-0.25, -0.2) is 10.2 Å². The van der Waals surface area contributed by atoms with E-state index in [-0.39, 0.29) is 6.03 Å². The van der Waals surface area contributed by atoms with E-state index in [2.05, 4.69) is 21.4 Å². The van der Waals surface area contributed by atoms with Gasteiger partial charge in [0.1, 0.15) is 24.4 Å². The lowest BCUT2D eigenvalue weighted by Gasteiger charge is -2.27. The molecule has 1 aromatic rings. The minimum Gasteiger partial charge on any atom is -0.480 e. The van der Waals surface area contributed by atoms with Crippen LogP contribution in [0.5, 0.6) is 0 Å². The Kier molecular flexibility index (Phi) is 6.64. The number of aldehydes is 1. The molecule has 2 heterocycles. The van der Waals surface area contributed by atoms with E-state index in [0.717, 1.165) is 0 Å². The van der Waals surface area contributed by atoms with E-state index >= 15 is 0 Å². The lowest BCUT2D eigenvalue weighted by molar-refractivity contribution is -0.140. The number of carboxylic acids is 1. The van der Waals surface area contributed by atoms with E-state index in [1.807, 2.05) is 6.07 Å². The zero-order valence-electron chi connectivity index (χ0n) is 16.6. The first-order valence-electron chi connectivity index (χ1n) is 9.52. The van der Waals surface area contributed by atoms with Crippen molar-refractivity contribution in [1.29, 1.82) is 0 Å². The number of rotatable bonds is 8. The number of carboxylic acid groups (broad SMARTS) is 1. The summed E-state index contributed by atoms with van der Waals surface area (Å²) < 4.78 is -0.660. The topological polar surface area (TPSA) is 140 Å². The van der Waals surface area contributed by atoms with Gasteiger partial charge < -0.3 is 20.5 Å². The van der Waals surface area contributed by atoms with E-state index < -0.39 is 40.1 Å². The quantitative estimate of drug-likeness (QED) is 0.355. The van der Waals surface area contributed by atoms with Crippen molar-refractivity contribution >= 4 is 36.0 Å². The van der Waals surface area contributed by atoms with Crippen molar-refractivity contribution in [3.8, 4) is 0 Å². The van der Waals surface area contributed by atoms with Crippen molar-refractivity contribution in [3.05, 3.63) is 35.9 Å². The molecule has 10 nitrogen and oxygen atoms in total. The van der Waals surface area contributed by atoms with Crippen LogP contribution in [-0.4, -0.2) is 69.6 Å². The molecular formula is C19H25N5O5S. The van der Waals surface area contributed by atoms with Gasteiger partial charge >= 0.3 is 12.0 Å². The SMILES string of the molecule is CC1(C)S[C@H]([C@@H](C=O)NC(=O)[C@H](NN2CCNC2=O)c2ccccc2)N[C@H]1C(=O)O. The number of nitrogens with zero attached hydrogens (tertiary/aromatic N) is 1. The van der Waals surface area contributed by atoms with Crippen LogP contribution in [0, 0.1) is 0 Å². The fourth-order valence-electron chi connectivity index (χ4n) is 3.45. The molecule has 2 fully saturated rings. The molecule has 3 amide bonds. The predicted molar refractivity (Wildman–Crippen MR) is 110 cm³/mol. The number of hydrazine groups is 1. The molecule has 0 aromatic heterocycles. The maximum atomic E-state index is 13.1. The maximum absolute atomic E-state index is 13.1. The van der Waals surface area contributed by atoms with E-state index in [0.29, 0.717) is 24.9 Å². The highest BCUT2D eigenvalue weighted by Gasteiger charge is 2.48. The molecule has 11 heteroatoms. The van der Waals surface area contributed by atoms with Crippen molar-refractivity contribution in [2.75, 3.05) is 13.1 Å². The Labute approximate surface area is 178 Å². The molecule has 0 aliphatic carbocycles. The van der Waals surface area contributed by atoms with Crippen molar-refractivity contribution in [2.24, 2.45) is 0 Å². The highest BCUT2D eigenvalue weighted by Crippen LogP contribution is 2.39. The lowest BCUT2D eigenvalue weighted by Crippen LogP contribution is -2.54. The van der Waals surface area contributed by atoms with E-state index in [1.165, 1.54) is 16.8 Å². The molecule has 3 rings (SSSR count). The third-order valence-corrected chi connectivity index (χ3v) is 6.55. The summed E-state index contributed by atoms with van der Waals surface area (Å²) in [5.41, 5.74) is 3.54. The minimum atomic E-state index is -1.02. The van der Waals surface area contributed by atoms with Gasteiger partial charge in [0.15, 0.2) is 0 Å². The highest BCUT2D eigenvalue weighted by atomic mass is 32.2. The lowest BCUT2D eigenvalue weighted by atomic mass is 10.0. The molecule has 0 unspecified atom stereocenters. The summed E-state index contributed by atoms with van der Waals surface area (Å²) in [7, 11) is 0. The number of nitrogens with one attached hydrogen (secondary N) is 4. The molecule has 0 spiro atoms. The van der Waals surface area contributed by atoms with Crippen LogP contribution < -0.4 is 21.4 Å². The number of hydrogen-bond acceptors (Lipinski definition) is 7. The first-order valence-corrected chi connectivity index (χ1v) is 10.4. The Morgan fingerprint density at radius 1 is 1.33 bits per heavy atom. The second kappa shape index (κ2) is 9.02. The molecular weight excluding hydrogens is 410 g/mol. The Morgan fingerprint density at radius 2 is 2.03 bits per heavy atom. The average molecular weight is 436 g/mol. The summed E-state index contributed by atoms with van der Waals surface area (Å²) in [5, 5.41) is 18.4. The van der Waals surface area contributed by atoms with Crippen molar-refractivity contribution < 1.29 is 24.3 Å². The molecule has 0 saturated carbocycles. The van der Waals surface area contributed by atoms with Crippen molar-refractivity contribution in [1.82, 2.24) is 26.4 Å². The number of carbonyl (C=O) groups is 4. The van der Waals surface area contributed by atoms with Crippen LogP contribution in [0.15, 0.2) is 30.3 Å². The second-order valence-corrected chi connectivity index (χ2v) is 9.40. The summed E-state index contributed by atoms with van der Waals surface area (Å²) in [5.74, 6) is -1.52. The van der Waals surface area contributed by atoms with Crippen LogP contribution in [0.3, 0.4) is 0 Å². The van der Waals surface area contributed by atoms with Gasteiger partial charge in [-0.15, -0.1) is 11.8 Å². The predicted octanol–water partition coefficient (Wildman–Crippen LogP) is -0.164. The van der Waals surface area contributed by atoms with Crippen LogP contribution in [-0.2, 0) is 14.4 Å². The number of aliphatic carboxylic acids is 1. The van der Waals surface area contributed by atoms with Gasteiger partial charge in [0.05, 0.1) is 11.9 Å². The fraction of sp³-hybridized carbons (Fsp3) is 0.474. The first kappa shape index (κ1) is 22.1. The Hall–Kier alpha value is -2.63. The van der Waals surface area contributed by atoms with Gasteiger partial charge in [0.2, 0.25) is 5.91 Å². The van der Waals surface area contributed by atoms with Crippen molar-refractivity contribution in [2.45, 2.75) is 42.1 Å². The first-order chi connectivity index (χ1) is 14.2. The van der Waals surface area contributed by atoms with E-state index in [1.54, 1.807) is 38.1 Å². The number of thioether (sulfide) groups is 1. The molecule has 162 valence electrons. The summed E-state index contributed by atoms with van der Waals surface area (Å²) >= 11 is 1.29. The summed E-state index contributed by atoms with van der Waals surface area (Å²) in [4.78, 5) is 48.3. The second-order valence-electron chi connectivity index (χ2n) is 7.61. The molecule has 2 saturated heterocycles. The van der Waals surface area contributed by atoms with Gasteiger partial charge in [0.25, 0.3) is 0 Å². The normalized spacial score (nSPS) is 24.7. The molecule has 5 N–H and O–H groups in total. The molecule has 0 bridgehead atoms. The Bertz CT molecular complexity index is 821. The number of urea groups is 1. The fourth-order valence-corrected chi connectivity index (χ4v) is 4.89. The minimum absolute atomic E-state index is 0.338. The van der Waals surface area contributed by atoms with Crippen molar-refractivity contribution in [3.63, 3.8) is 0 Å². The van der Waals surface area contributed by atoms with Gasteiger partial charge in [0, 0.05) is 11.3 Å². The summed E-state index contributed by atoms with van der Waals surface area (Å²) in [6, 6.07) is 5.78. The monoisotopic (exact) mass is 435 g/mol. The van der Waals surface area contributed by atoms with Crippen LogP contribution in [0.4, 0.5) is 4.79 Å². The molecule has 4 atom stereocenters.